The van der Waals surface area contributed by atoms with Crippen molar-refractivity contribution < 1.29 is 14.3 Å². The Kier molecular flexibility index (Phi) is 13.3. The first kappa shape index (κ1) is 13.1. The Balaban J connectivity index is 0. The average molecular weight is 170 g/mol. The monoisotopic (exact) mass is 170 g/mol. The van der Waals surface area contributed by atoms with Gasteiger partial charge in [0.25, 0.3) is 0 Å². The Labute approximate surface area is 73.0 Å². The molecule has 3 nitrogen and oxygen atoms in total. The summed E-state index contributed by atoms with van der Waals surface area (Å²) in [6.45, 7) is 13.1. The number of carbonyl (C=O) groups is 1. The molecule has 0 fully saturated rings. The van der Waals surface area contributed by atoms with Gasteiger partial charge in [-0.25, -0.2) is 4.79 Å². The largest absolute Gasteiger partial charge is 0.508 e. The molecule has 0 saturated carbocycles. The van der Waals surface area contributed by atoms with Crippen molar-refractivity contribution in [3.05, 3.63) is 38.5 Å². The van der Waals surface area contributed by atoms with Crippen LogP contribution in [0.2, 0.25) is 0 Å². The Bertz CT molecular complexity index is 127. The molecule has 12 heavy (non-hydrogen) atoms. The van der Waals surface area contributed by atoms with Gasteiger partial charge in [0, 0.05) is 0 Å². The average Bonchev–Trinajstić information content (AvgIpc) is 2.14. The van der Waals surface area contributed by atoms with E-state index in [0.717, 1.165) is 0 Å². The van der Waals surface area contributed by atoms with E-state index in [0.29, 0.717) is 0 Å². The summed E-state index contributed by atoms with van der Waals surface area (Å²) in [5.74, 6) is 0. The normalized spacial score (nSPS) is 7.00. The molecule has 0 heterocycles. The Morgan fingerprint density at radius 3 is 1.67 bits per heavy atom. The van der Waals surface area contributed by atoms with Gasteiger partial charge in [-0.1, -0.05) is 25.3 Å². The molecule has 0 aromatic heterocycles. The molecule has 0 aromatic carbocycles. The number of carbonyl (C=O) groups excluding carboxylic acids is 1. The third kappa shape index (κ3) is 11.3. The number of hydrogen-bond acceptors (Lipinski definition) is 3. The molecule has 0 amide bonds. The third-order valence-corrected chi connectivity index (χ3v) is 0.638. The van der Waals surface area contributed by atoms with E-state index >= 15 is 0 Å². The minimum Gasteiger partial charge on any atom is -0.430 e. The summed E-state index contributed by atoms with van der Waals surface area (Å²) in [6.07, 6.45) is 2.24. The van der Waals surface area contributed by atoms with Crippen LogP contribution in [0, 0.1) is 0 Å². The molecular formula is C9H14O3. The second-order valence-corrected chi connectivity index (χ2v) is 1.45. The van der Waals surface area contributed by atoms with E-state index in [9.17, 15) is 4.79 Å². The molecule has 0 saturated heterocycles. The first-order valence-electron chi connectivity index (χ1n) is 3.32. The molecule has 0 aliphatic heterocycles. The minimum absolute atomic E-state index is 0.177. The summed E-state index contributed by atoms with van der Waals surface area (Å²) in [4.78, 5) is 10.4. The summed E-state index contributed by atoms with van der Waals surface area (Å²) >= 11 is 0. The van der Waals surface area contributed by atoms with Crippen LogP contribution in [0.15, 0.2) is 38.5 Å². The predicted octanol–water partition coefficient (Wildman–Crippen LogP) is 2.31. The molecular weight excluding hydrogens is 156 g/mol. The smallest absolute Gasteiger partial charge is 0.430 e. The molecule has 0 aliphatic carbocycles. The molecule has 0 atom stereocenters. The topological polar surface area (TPSA) is 35.5 Å². The summed E-state index contributed by atoms with van der Waals surface area (Å²) in [6, 6.07) is 0. The molecule has 0 aliphatic rings. The van der Waals surface area contributed by atoms with Crippen LogP contribution in [0.3, 0.4) is 0 Å². The molecule has 0 rings (SSSR count). The maximum Gasteiger partial charge on any atom is 0.508 e. The van der Waals surface area contributed by atoms with E-state index in [4.69, 9.17) is 0 Å². The lowest BCUT2D eigenvalue weighted by Gasteiger charge is -1.99. The second kappa shape index (κ2) is 12.2. The quantitative estimate of drug-likeness (QED) is 0.479. The van der Waals surface area contributed by atoms with Crippen LogP contribution in [0.25, 0.3) is 0 Å². The second-order valence-electron chi connectivity index (χ2n) is 1.45. The van der Waals surface area contributed by atoms with E-state index in [2.05, 4.69) is 35.8 Å². The van der Waals surface area contributed by atoms with Crippen LogP contribution in [-0.2, 0) is 9.47 Å². The molecule has 0 spiro atoms. The summed E-state index contributed by atoms with van der Waals surface area (Å²) in [5.41, 5.74) is 0. The van der Waals surface area contributed by atoms with Gasteiger partial charge in [-0.2, -0.15) is 0 Å². The van der Waals surface area contributed by atoms with Gasteiger partial charge in [0.15, 0.2) is 0 Å². The van der Waals surface area contributed by atoms with E-state index < -0.39 is 6.16 Å². The van der Waals surface area contributed by atoms with E-state index in [1.54, 1.807) is 0 Å². The maximum atomic E-state index is 10.4. The van der Waals surface area contributed by atoms with Gasteiger partial charge >= 0.3 is 6.16 Å². The summed E-state index contributed by atoms with van der Waals surface area (Å²) < 4.78 is 8.93. The highest BCUT2D eigenvalue weighted by molar-refractivity contribution is 5.60. The van der Waals surface area contributed by atoms with Crippen LogP contribution in [0.4, 0.5) is 4.79 Å². The molecule has 3 heteroatoms. The zero-order valence-electron chi connectivity index (χ0n) is 7.12. The zero-order chi connectivity index (χ0) is 9.82. The van der Waals surface area contributed by atoms with Crippen molar-refractivity contribution in [3.8, 4) is 0 Å². The fourth-order valence-corrected chi connectivity index (χ4v) is 0.296. The highest BCUT2D eigenvalue weighted by atomic mass is 16.7. The fraction of sp³-hybridized carbons (Fsp3) is 0.222. The van der Waals surface area contributed by atoms with Gasteiger partial charge in [0.1, 0.15) is 13.2 Å². The molecule has 68 valence electrons. The molecule has 0 bridgehead atoms. The van der Waals surface area contributed by atoms with Crippen LogP contribution >= 0.6 is 0 Å². The molecule has 0 radical (unpaired) electrons. The van der Waals surface area contributed by atoms with E-state index in [1.807, 2.05) is 0 Å². The van der Waals surface area contributed by atoms with Crippen LogP contribution in [0.1, 0.15) is 0 Å². The van der Waals surface area contributed by atoms with Crippen molar-refractivity contribution in [2.45, 2.75) is 0 Å². The Hall–Kier alpha value is -1.51. The van der Waals surface area contributed by atoms with Crippen molar-refractivity contribution >= 4 is 6.16 Å². The Morgan fingerprint density at radius 2 is 1.42 bits per heavy atom. The van der Waals surface area contributed by atoms with Crippen LogP contribution in [0.5, 0.6) is 0 Å². The van der Waals surface area contributed by atoms with Gasteiger partial charge in [0.2, 0.25) is 0 Å². The zero-order valence-corrected chi connectivity index (χ0v) is 7.12. The van der Waals surface area contributed by atoms with Gasteiger partial charge in [-0.15, -0.1) is 13.2 Å². The predicted molar refractivity (Wildman–Crippen MR) is 48.9 cm³/mol. The van der Waals surface area contributed by atoms with Gasteiger partial charge in [-0.05, 0) is 0 Å². The van der Waals surface area contributed by atoms with Gasteiger partial charge < -0.3 is 9.47 Å². The first-order valence-corrected chi connectivity index (χ1v) is 3.32. The number of rotatable bonds is 4. The Morgan fingerprint density at radius 1 is 1.08 bits per heavy atom. The highest BCUT2D eigenvalue weighted by Gasteiger charge is 1.97. The summed E-state index contributed by atoms with van der Waals surface area (Å²) in [7, 11) is 0. The van der Waals surface area contributed by atoms with Crippen molar-refractivity contribution in [1.82, 2.24) is 0 Å². The molecule has 0 N–H and O–H groups in total. The van der Waals surface area contributed by atoms with Crippen LogP contribution < -0.4 is 0 Å². The van der Waals surface area contributed by atoms with E-state index in [1.165, 1.54) is 12.2 Å². The lowest BCUT2D eigenvalue weighted by molar-refractivity contribution is 0.0718. The van der Waals surface area contributed by atoms with Gasteiger partial charge in [-0.3, -0.25) is 0 Å². The molecule has 0 aromatic rings. The maximum absolute atomic E-state index is 10.4. The van der Waals surface area contributed by atoms with Gasteiger partial charge in [0.05, 0.1) is 0 Å². The lowest BCUT2D eigenvalue weighted by Crippen LogP contribution is -2.06. The SMILES string of the molecule is C=C.C=CCOC(=O)OCC=C. The van der Waals surface area contributed by atoms with Crippen molar-refractivity contribution in [2.75, 3.05) is 13.2 Å². The fourth-order valence-electron chi connectivity index (χ4n) is 0.296. The lowest BCUT2D eigenvalue weighted by atomic mass is 10.7. The number of hydrogen-bond donors (Lipinski definition) is 0. The standard InChI is InChI=1S/C7H10O3.C2H4/c1-3-5-9-7(8)10-6-4-2;1-2/h3-4H,1-2,5-6H2;1-2H2. The molecule has 0 unspecified atom stereocenters. The third-order valence-electron chi connectivity index (χ3n) is 0.638. The van der Waals surface area contributed by atoms with Crippen molar-refractivity contribution in [2.24, 2.45) is 0 Å². The highest BCUT2D eigenvalue weighted by Crippen LogP contribution is 1.84. The minimum atomic E-state index is -0.695. The number of ether oxygens (including phenoxy) is 2. The van der Waals surface area contributed by atoms with Crippen molar-refractivity contribution in [3.63, 3.8) is 0 Å². The van der Waals surface area contributed by atoms with Crippen LogP contribution in [-0.4, -0.2) is 19.4 Å². The van der Waals surface area contributed by atoms with Crippen molar-refractivity contribution in [1.29, 1.82) is 0 Å². The van der Waals surface area contributed by atoms with E-state index in [-0.39, 0.29) is 13.2 Å². The first-order chi connectivity index (χ1) is 5.81. The summed E-state index contributed by atoms with van der Waals surface area (Å²) in [5, 5.41) is 0.